The molecule has 0 amide bonds. The van der Waals surface area contributed by atoms with Crippen molar-refractivity contribution in [1.82, 2.24) is 10.2 Å². The van der Waals surface area contributed by atoms with E-state index in [9.17, 15) is 0 Å². The molecule has 0 bridgehead atoms. The zero-order valence-corrected chi connectivity index (χ0v) is 12.5. The molecule has 5 nitrogen and oxygen atoms in total. The molecule has 5 heteroatoms. The van der Waals surface area contributed by atoms with Crippen LogP contribution in [-0.4, -0.2) is 50.9 Å². The molecule has 1 atom stereocenters. The van der Waals surface area contributed by atoms with Crippen molar-refractivity contribution >= 4 is 0 Å². The molecule has 1 aromatic rings. The molecule has 114 valence electrons. The van der Waals surface area contributed by atoms with E-state index < -0.39 is 0 Å². The van der Waals surface area contributed by atoms with Crippen molar-refractivity contribution in [2.45, 2.75) is 13.0 Å². The fraction of sp³-hybridized carbons (Fsp3) is 0.562. The van der Waals surface area contributed by atoms with Crippen LogP contribution in [0.15, 0.2) is 24.3 Å². The smallest absolute Gasteiger partial charge is 0.174 e. The molecule has 1 N–H and O–H groups in total. The average molecular weight is 289 g/mol. The Labute approximate surface area is 126 Å². The van der Waals surface area contributed by atoms with Crippen molar-refractivity contribution in [3.8, 4) is 11.8 Å². The quantitative estimate of drug-likeness (QED) is 0.826. The summed E-state index contributed by atoms with van der Waals surface area (Å²) in [5.41, 5.74) is 1.22. The Kier molecular flexibility index (Phi) is 6.48. The van der Waals surface area contributed by atoms with Crippen LogP contribution in [0.2, 0.25) is 0 Å². The molecular weight excluding hydrogens is 266 g/mol. The number of nitrogens with one attached hydrogen (secondary N) is 1. The molecule has 0 saturated carbocycles. The molecule has 0 aliphatic carbocycles. The van der Waals surface area contributed by atoms with Crippen molar-refractivity contribution in [2.24, 2.45) is 0 Å². The van der Waals surface area contributed by atoms with Crippen molar-refractivity contribution in [1.29, 1.82) is 5.26 Å². The first-order chi connectivity index (χ1) is 10.3. The summed E-state index contributed by atoms with van der Waals surface area (Å²) in [5, 5.41) is 12.0. The standard InChI is InChI=1S/C16H23N3O2/c1-14(18-7-8-19-9-12-20-13-10-19)15-2-4-16(5-3-15)21-11-6-17/h2-5,14,18H,7-13H2,1H3. The number of nitrogens with zero attached hydrogens (tertiary/aromatic N) is 2. The summed E-state index contributed by atoms with van der Waals surface area (Å²) in [4.78, 5) is 2.42. The number of nitriles is 1. The van der Waals surface area contributed by atoms with Crippen LogP contribution in [0.25, 0.3) is 0 Å². The Morgan fingerprint density at radius 2 is 2.05 bits per heavy atom. The summed E-state index contributed by atoms with van der Waals surface area (Å²) in [6.07, 6.45) is 0. The summed E-state index contributed by atoms with van der Waals surface area (Å²) in [6.45, 7) is 8.02. The molecule has 1 aromatic carbocycles. The maximum Gasteiger partial charge on any atom is 0.174 e. The van der Waals surface area contributed by atoms with Gasteiger partial charge in [0.25, 0.3) is 0 Å². The zero-order valence-electron chi connectivity index (χ0n) is 12.5. The SMILES string of the molecule is CC(NCCN1CCOCC1)c1ccc(OCC#N)cc1. The van der Waals surface area contributed by atoms with Crippen molar-refractivity contribution in [2.75, 3.05) is 46.0 Å². The second-order valence-corrected chi connectivity index (χ2v) is 5.15. The largest absolute Gasteiger partial charge is 0.479 e. The van der Waals surface area contributed by atoms with E-state index in [1.54, 1.807) is 0 Å². The van der Waals surface area contributed by atoms with Crippen molar-refractivity contribution in [3.05, 3.63) is 29.8 Å². The van der Waals surface area contributed by atoms with E-state index in [2.05, 4.69) is 17.1 Å². The lowest BCUT2D eigenvalue weighted by atomic mass is 10.1. The molecule has 0 aromatic heterocycles. The highest BCUT2D eigenvalue weighted by molar-refractivity contribution is 5.29. The van der Waals surface area contributed by atoms with E-state index in [1.165, 1.54) is 5.56 Å². The molecular formula is C16H23N3O2. The van der Waals surface area contributed by atoms with Gasteiger partial charge in [0, 0.05) is 32.2 Å². The third kappa shape index (κ3) is 5.35. The number of morpholine rings is 1. The van der Waals surface area contributed by atoms with Gasteiger partial charge in [-0.05, 0) is 24.6 Å². The van der Waals surface area contributed by atoms with Crippen LogP contribution >= 0.6 is 0 Å². The molecule has 21 heavy (non-hydrogen) atoms. The van der Waals surface area contributed by atoms with E-state index in [0.29, 0.717) is 6.04 Å². The minimum atomic E-state index is 0.0900. The minimum absolute atomic E-state index is 0.0900. The van der Waals surface area contributed by atoms with Crippen LogP contribution < -0.4 is 10.1 Å². The molecule has 1 unspecified atom stereocenters. The first kappa shape index (κ1) is 15.8. The first-order valence-corrected chi connectivity index (χ1v) is 7.43. The van der Waals surface area contributed by atoms with E-state index in [-0.39, 0.29) is 6.61 Å². The van der Waals surface area contributed by atoms with Gasteiger partial charge in [-0.25, -0.2) is 0 Å². The molecule has 1 saturated heterocycles. The van der Waals surface area contributed by atoms with Gasteiger partial charge in [0.1, 0.15) is 11.8 Å². The second kappa shape index (κ2) is 8.63. The molecule has 1 aliphatic rings. The summed E-state index contributed by atoms with van der Waals surface area (Å²) in [6, 6.07) is 10.2. The molecule has 2 rings (SSSR count). The fourth-order valence-corrected chi connectivity index (χ4v) is 2.35. The van der Waals surface area contributed by atoms with Gasteiger partial charge in [-0.2, -0.15) is 5.26 Å². The predicted octanol–water partition coefficient (Wildman–Crippen LogP) is 1.57. The Bertz CT molecular complexity index is 450. The van der Waals surface area contributed by atoms with Crippen LogP contribution in [0.5, 0.6) is 5.75 Å². The zero-order chi connectivity index (χ0) is 14.9. The maximum absolute atomic E-state index is 8.48. The van der Waals surface area contributed by atoms with Crippen LogP contribution in [0.1, 0.15) is 18.5 Å². The monoisotopic (exact) mass is 289 g/mol. The Morgan fingerprint density at radius 3 is 2.71 bits per heavy atom. The summed E-state index contributed by atoms with van der Waals surface area (Å²) < 4.78 is 10.6. The van der Waals surface area contributed by atoms with Crippen LogP contribution in [0.3, 0.4) is 0 Å². The minimum Gasteiger partial charge on any atom is -0.479 e. The first-order valence-electron chi connectivity index (χ1n) is 7.43. The van der Waals surface area contributed by atoms with Gasteiger partial charge in [0.2, 0.25) is 0 Å². The predicted molar refractivity (Wildman–Crippen MR) is 81.2 cm³/mol. The number of ether oxygens (including phenoxy) is 2. The lowest BCUT2D eigenvalue weighted by Gasteiger charge is -2.27. The van der Waals surface area contributed by atoms with E-state index in [0.717, 1.165) is 45.1 Å². The van der Waals surface area contributed by atoms with Crippen molar-refractivity contribution < 1.29 is 9.47 Å². The topological polar surface area (TPSA) is 57.5 Å². The molecule has 0 spiro atoms. The average Bonchev–Trinajstić information content (AvgIpc) is 2.54. The van der Waals surface area contributed by atoms with E-state index in [4.69, 9.17) is 14.7 Å². The summed E-state index contributed by atoms with van der Waals surface area (Å²) in [5.74, 6) is 0.737. The fourth-order valence-electron chi connectivity index (χ4n) is 2.35. The third-order valence-electron chi connectivity index (χ3n) is 3.67. The van der Waals surface area contributed by atoms with Crippen molar-refractivity contribution in [3.63, 3.8) is 0 Å². The lowest BCUT2D eigenvalue weighted by molar-refractivity contribution is 0.0382. The number of benzene rings is 1. The van der Waals surface area contributed by atoms with Crippen LogP contribution in [-0.2, 0) is 4.74 Å². The highest BCUT2D eigenvalue weighted by atomic mass is 16.5. The van der Waals surface area contributed by atoms with E-state index in [1.807, 2.05) is 30.3 Å². The number of hydrogen-bond acceptors (Lipinski definition) is 5. The van der Waals surface area contributed by atoms with Crippen LogP contribution in [0.4, 0.5) is 0 Å². The second-order valence-electron chi connectivity index (χ2n) is 5.15. The van der Waals surface area contributed by atoms with Gasteiger partial charge in [0.05, 0.1) is 13.2 Å². The maximum atomic E-state index is 8.48. The number of hydrogen-bond donors (Lipinski definition) is 1. The van der Waals surface area contributed by atoms with E-state index >= 15 is 0 Å². The Hall–Kier alpha value is -1.61. The highest BCUT2D eigenvalue weighted by Gasteiger charge is 2.10. The summed E-state index contributed by atoms with van der Waals surface area (Å²) >= 11 is 0. The third-order valence-corrected chi connectivity index (χ3v) is 3.67. The van der Waals surface area contributed by atoms with Gasteiger partial charge in [-0.3, -0.25) is 4.90 Å². The van der Waals surface area contributed by atoms with Gasteiger partial charge in [-0.1, -0.05) is 12.1 Å². The van der Waals surface area contributed by atoms with Gasteiger partial charge >= 0.3 is 0 Å². The lowest BCUT2D eigenvalue weighted by Crippen LogP contribution is -2.40. The highest BCUT2D eigenvalue weighted by Crippen LogP contribution is 2.17. The molecule has 1 fully saturated rings. The summed E-state index contributed by atoms with van der Waals surface area (Å²) in [7, 11) is 0. The molecule has 1 heterocycles. The Morgan fingerprint density at radius 1 is 1.33 bits per heavy atom. The van der Waals surface area contributed by atoms with Gasteiger partial charge in [-0.15, -0.1) is 0 Å². The molecule has 1 aliphatic heterocycles. The molecule has 0 radical (unpaired) electrons. The number of rotatable bonds is 7. The van der Waals surface area contributed by atoms with Gasteiger partial charge < -0.3 is 14.8 Å². The Balaban J connectivity index is 1.72. The van der Waals surface area contributed by atoms with Crippen LogP contribution in [0, 0.1) is 11.3 Å². The van der Waals surface area contributed by atoms with Gasteiger partial charge in [0.15, 0.2) is 6.61 Å². The normalized spacial score (nSPS) is 17.1.